The minimum atomic E-state index is -0.596. The van der Waals surface area contributed by atoms with E-state index < -0.39 is 4.92 Å². The van der Waals surface area contributed by atoms with Crippen molar-refractivity contribution in [2.45, 2.75) is 25.7 Å². The van der Waals surface area contributed by atoms with E-state index in [1.807, 2.05) is 0 Å². The van der Waals surface area contributed by atoms with Crippen LogP contribution in [0.4, 0.5) is 0 Å². The number of hydrogen-bond donors (Lipinski definition) is 1. The molecule has 6 nitrogen and oxygen atoms in total. The van der Waals surface area contributed by atoms with Crippen molar-refractivity contribution in [1.29, 1.82) is 0 Å². The first kappa shape index (κ1) is 9.70. The van der Waals surface area contributed by atoms with Crippen LogP contribution in [0.2, 0.25) is 0 Å². The highest BCUT2D eigenvalue weighted by atomic mass is 16.6. The lowest BCUT2D eigenvalue weighted by Crippen LogP contribution is -2.24. The summed E-state index contributed by atoms with van der Waals surface area (Å²) in [7, 11) is 0. The predicted octanol–water partition coefficient (Wildman–Crippen LogP) is 0.818. The van der Waals surface area contributed by atoms with Crippen LogP contribution in [0.1, 0.15) is 25.7 Å². The Morgan fingerprint density at radius 1 is 1.40 bits per heavy atom. The Bertz CT molecular complexity index is 408. The molecular formula is C9H10N2O4. The summed E-state index contributed by atoms with van der Waals surface area (Å²) in [5.41, 5.74) is 5.60. The normalized spacial score (nSPS) is 21.2. The summed E-state index contributed by atoms with van der Waals surface area (Å²) in [4.78, 5) is 21.5. The third-order valence-corrected chi connectivity index (χ3v) is 2.56. The molecule has 2 N–H and O–H groups in total. The molecular weight excluding hydrogens is 200 g/mol. The highest BCUT2D eigenvalue weighted by molar-refractivity contribution is 5.97. The van der Waals surface area contributed by atoms with Gasteiger partial charge in [-0.25, -0.2) is 0 Å². The van der Waals surface area contributed by atoms with Gasteiger partial charge in [0.05, 0.1) is 11.3 Å². The number of nitrogens with two attached hydrogens (primary N) is 1. The molecule has 0 aromatic rings. The lowest BCUT2D eigenvalue weighted by atomic mass is 9.92. The highest BCUT2D eigenvalue weighted by Gasteiger charge is 2.33. The number of ketones is 1. The SMILES string of the molecule is NC1=C([N+](=O)[O-])CC2=C(CCCC2=O)O1. The quantitative estimate of drug-likeness (QED) is 0.510. The summed E-state index contributed by atoms with van der Waals surface area (Å²) in [5, 5.41) is 10.6. The maximum Gasteiger partial charge on any atom is 0.310 e. The van der Waals surface area contributed by atoms with Crippen molar-refractivity contribution < 1.29 is 14.5 Å². The van der Waals surface area contributed by atoms with Gasteiger partial charge in [0.1, 0.15) is 5.76 Å². The molecule has 0 fully saturated rings. The second-order valence-corrected chi connectivity index (χ2v) is 3.53. The fraction of sp³-hybridized carbons (Fsp3) is 0.444. The van der Waals surface area contributed by atoms with Gasteiger partial charge in [0.2, 0.25) is 0 Å². The van der Waals surface area contributed by atoms with Crippen molar-refractivity contribution >= 4 is 5.78 Å². The van der Waals surface area contributed by atoms with Crippen molar-refractivity contribution in [2.24, 2.45) is 5.73 Å². The monoisotopic (exact) mass is 210 g/mol. The molecule has 2 aliphatic rings. The van der Waals surface area contributed by atoms with E-state index in [4.69, 9.17) is 10.5 Å². The van der Waals surface area contributed by atoms with Gasteiger partial charge in [0.25, 0.3) is 5.88 Å². The second-order valence-electron chi connectivity index (χ2n) is 3.53. The molecule has 0 saturated carbocycles. The molecule has 0 aromatic carbocycles. The smallest absolute Gasteiger partial charge is 0.310 e. The second kappa shape index (κ2) is 3.38. The van der Waals surface area contributed by atoms with Crippen LogP contribution in [0.25, 0.3) is 0 Å². The highest BCUT2D eigenvalue weighted by Crippen LogP contribution is 2.33. The molecule has 0 bridgehead atoms. The Morgan fingerprint density at radius 2 is 2.13 bits per heavy atom. The first-order valence-electron chi connectivity index (χ1n) is 4.65. The molecule has 0 radical (unpaired) electrons. The van der Waals surface area contributed by atoms with Gasteiger partial charge in [-0.3, -0.25) is 14.9 Å². The van der Waals surface area contributed by atoms with E-state index in [0.29, 0.717) is 24.2 Å². The largest absolute Gasteiger partial charge is 0.440 e. The molecule has 1 heterocycles. The summed E-state index contributed by atoms with van der Waals surface area (Å²) in [6, 6.07) is 0. The molecule has 80 valence electrons. The predicted molar refractivity (Wildman–Crippen MR) is 49.8 cm³/mol. The van der Waals surface area contributed by atoms with Crippen LogP contribution in [-0.4, -0.2) is 10.7 Å². The van der Waals surface area contributed by atoms with Crippen LogP contribution in [-0.2, 0) is 9.53 Å². The number of nitro groups is 1. The zero-order chi connectivity index (χ0) is 11.0. The summed E-state index contributed by atoms with van der Waals surface area (Å²) >= 11 is 0. The lowest BCUT2D eigenvalue weighted by Gasteiger charge is -2.22. The van der Waals surface area contributed by atoms with Gasteiger partial charge in [-0.1, -0.05) is 0 Å². The van der Waals surface area contributed by atoms with E-state index in [2.05, 4.69) is 0 Å². The Hall–Kier alpha value is -1.85. The average molecular weight is 210 g/mol. The molecule has 1 aliphatic heterocycles. The van der Waals surface area contributed by atoms with Crippen LogP contribution in [0, 0.1) is 10.1 Å². The Labute approximate surface area is 85.5 Å². The molecule has 15 heavy (non-hydrogen) atoms. The standard InChI is InChI=1S/C9H10N2O4/c10-9-6(11(13)14)4-5-7(12)2-1-3-8(5)15-9/h1-4,10H2. The third-order valence-electron chi connectivity index (χ3n) is 2.56. The average Bonchev–Trinajstić information content (AvgIpc) is 2.16. The van der Waals surface area contributed by atoms with Crippen LogP contribution >= 0.6 is 0 Å². The Balaban J connectivity index is 2.32. The molecule has 0 spiro atoms. The van der Waals surface area contributed by atoms with E-state index >= 15 is 0 Å². The molecule has 0 amide bonds. The van der Waals surface area contributed by atoms with E-state index in [9.17, 15) is 14.9 Å². The van der Waals surface area contributed by atoms with Gasteiger partial charge in [-0.05, 0) is 6.42 Å². The molecule has 6 heteroatoms. The molecule has 0 aromatic heterocycles. The van der Waals surface area contributed by atoms with Crippen molar-refractivity contribution in [3.63, 3.8) is 0 Å². The van der Waals surface area contributed by atoms with Crippen LogP contribution in [0.15, 0.2) is 22.9 Å². The molecule has 1 aliphatic carbocycles. The summed E-state index contributed by atoms with van der Waals surface area (Å²) in [6.07, 6.45) is 1.78. The van der Waals surface area contributed by atoms with Gasteiger partial charge in [0.15, 0.2) is 5.78 Å². The van der Waals surface area contributed by atoms with Crippen molar-refractivity contribution in [2.75, 3.05) is 0 Å². The van der Waals surface area contributed by atoms with E-state index in [1.54, 1.807) is 0 Å². The molecule has 0 atom stereocenters. The molecule has 0 saturated heterocycles. The first-order chi connectivity index (χ1) is 7.09. The van der Waals surface area contributed by atoms with Crippen molar-refractivity contribution in [1.82, 2.24) is 0 Å². The molecule has 0 unspecified atom stereocenters. The number of Topliss-reactive ketones (excluding diaryl/α,β-unsaturated/α-hetero) is 1. The lowest BCUT2D eigenvalue weighted by molar-refractivity contribution is -0.430. The minimum Gasteiger partial charge on any atom is -0.440 e. The Morgan fingerprint density at radius 3 is 2.80 bits per heavy atom. The zero-order valence-corrected chi connectivity index (χ0v) is 7.99. The van der Waals surface area contributed by atoms with Crippen molar-refractivity contribution in [3.8, 4) is 0 Å². The van der Waals surface area contributed by atoms with Crippen molar-refractivity contribution in [3.05, 3.63) is 33.0 Å². The van der Waals surface area contributed by atoms with Gasteiger partial charge in [-0.15, -0.1) is 0 Å². The maximum atomic E-state index is 11.5. The van der Waals surface area contributed by atoms with Crippen LogP contribution < -0.4 is 5.73 Å². The first-order valence-corrected chi connectivity index (χ1v) is 4.65. The minimum absolute atomic E-state index is 0.00694. The topological polar surface area (TPSA) is 95.5 Å². The zero-order valence-electron chi connectivity index (χ0n) is 7.99. The van der Waals surface area contributed by atoms with Gasteiger partial charge in [0, 0.05) is 18.4 Å². The number of nitrogens with zero attached hydrogens (tertiary/aromatic N) is 1. The Kier molecular flexibility index (Phi) is 2.18. The van der Waals surface area contributed by atoms with Gasteiger partial charge < -0.3 is 10.5 Å². The third kappa shape index (κ3) is 1.58. The van der Waals surface area contributed by atoms with Crippen LogP contribution in [0.3, 0.4) is 0 Å². The number of rotatable bonds is 1. The number of hydrogen-bond acceptors (Lipinski definition) is 5. The summed E-state index contributed by atoms with van der Waals surface area (Å²) < 4.78 is 5.11. The molecule has 2 rings (SSSR count). The van der Waals surface area contributed by atoms with Gasteiger partial charge in [-0.2, -0.15) is 0 Å². The fourth-order valence-corrected chi connectivity index (χ4v) is 1.78. The number of ether oxygens (including phenoxy) is 1. The number of carbonyl (C=O) groups is 1. The number of carbonyl (C=O) groups excluding carboxylic acids is 1. The summed E-state index contributed by atoms with van der Waals surface area (Å²) in [5.74, 6) is 0.255. The van der Waals surface area contributed by atoms with Gasteiger partial charge >= 0.3 is 5.70 Å². The number of allylic oxidation sites excluding steroid dienone is 2. The van der Waals surface area contributed by atoms with E-state index in [-0.39, 0.29) is 23.8 Å². The van der Waals surface area contributed by atoms with E-state index in [0.717, 1.165) is 6.42 Å². The maximum absolute atomic E-state index is 11.5. The van der Waals surface area contributed by atoms with E-state index in [1.165, 1.54) is 0 Å². The summed E-state index contributed by atoms with van der Waals surface area (Å²) in [6.45, 7) is 0. The van der Waals surface area contributed by atoms with Crippen LogP contribution in [0.5, 0.6) is 0 Å². The fourth-order valence-electron chi connectivity index (χ4n) is 1.78.